The van der Waals surface area contributed by atoms with Crippen LogP contribution in [-0.2, 0) is 33.2 Å². The number of ether oxygens (including phenoxy) is 6. The van der Waals surface area contributed by atoms with Crippen LogP contribution < -0.4 is 5.32 Å². The molecule has 3 heterocycles. The Bertz CT molecular complexity index is 2180. The Morgan fingerprint density at radius 2 is 0.775 bits per heavy atom. The lowest BCUT2D eigenvalue weighted by Crippen LogP contribution is -2.66. The van der Waals surface area contributed by atoms with Crippen LogP contribution in [0.25, 0.3) is 0 Å². The second-order valence-electron chi connectivity index (χ2n) is 22.5. The van der Waals surface area contributed by atoms with Crippen LogP contribution >= 0.6 is 0 Å². The summed E-state index contributed by atoms with van der Waals surface area (Å²) in [5, 5.41) is 120. The second kappa shape index (κ2) is 50.3. The van der Waals surface area contributed by atoms with Gasteiger partial charge in [-0.25, -0.2) is 0 Å². The molecule has 17 atom stereocenters. The third-order valence-electron chi connectivity index (χ3n) is 15.1. The lowest BCUT2D eigenvalue weighted by molar-refractivity contribution is -0.379. The summed E-state index contributed by atoms with van der Waals surface area (Å²) >= 11 is 0. The highest BCUT2D eigenvalue weighted by Crippen LogP contribution is 2.33. The van der Waals surface area contributed by atoms with Gasteiger partial charge in [0.25, 0.3) is 0 Å². The molecule has 19 nitrogen and oxygen atoms in total. The molecule has 3 rings (SSSR count). The fraction of sp³-hybridized carbons (Fsp3) is 0.643. The molecule has 3 aliphatic heterocycles. The Morgan fingerprint density at radius 1 is 0.416 bits per heavy atom. The highest BCUT2D eigenvalue weighted by molar-refractivity contribution is 5.76. The minimum Gasteiger partial charge on any atom is -0.394 e. The Hall–Kier alpha value is -4.33. The van der Waals surface area contributed by atoms with E-state index in [9.17, 15) is 61.0 Å². The Morgan fingerprint density at radius 3 is 1.20 bits per heavy atom. The molecule has 89 heavy (non-hydrogen) atoms. The summed E-state index contributed by atoms with van der Waals surface area (Å²) in [6.45, 7) is 1.46. The molecule has 3 saturated heterocycles. The molecule has 19 heteroatoms. The van der Waals surface area contributed by atoms with Gasteiger partial charge in [-0.1, -0.05) is 192 Å². The van der Waals surface area contributed by atoms with Crippen molar-refractivity contribution < 1.29 is 89.4 Å². The van der Waals surface area contributed by atoms with Crippen LogP contribution in [0.4, 0.5) is 0 Å². The van der Waals surface area contributed by atoms with E-state index in [1.54, 1.807) is 6.08 Å². The van der Waals surface area contributed by atoms with Gasteiger partial charge in [0.1, 0.15) is 73.2 Å². The third-order valence-corrected chi connectivity index (χ3v) is 15.1. The molecule has 0 aromatic rings. The van der Waals surface area contributed by atoms with E-state index < -0.39 is 124 Å². The molecule has 17 unspecified atom stereocenters. The van der Waals surface area contributed by atoms with Crippen LogP contribution in [0.5, 0.6) is 0 Å². The lowest BCUT2D eigenvalue weighted by Gasteiger charge is -2.48. The highest BCUT2D eigenvalue weighted by atomic mass is 16.8. The summed E-state index contributed by atoms with van der Waals surface area (Å²) in [6.07, 6.45) is 44.6. The smallest absolute Gasteiger partial charge is 0.220 e. The van der Waals surface area contributed by atoms with Crippen molar-refractivity contribution in [3.8, 4) is 0 Å². The Kier molecular flexibility index (Phi) is 44.6. The molecule has 1 amide bonds. The summed E-state index contributed by atoms with van der Waals surface area (Å²) in [7, 11) is 0. The number of unbranched alkanes of at least 4 members (excludes halogenated alkanes) is 8. The predicted octanol–water partition coefficient (Wildman–Crippen LogP) is 7.59. The van der Waals surface area contributed by atoms with Crippen LogP contribution in [0.3, 0.4) is 0 Å². The maximum atomic E-state index is 13.3. The summed E-state index contributed by atoms with van der Waals surface area (Å²) < 4.78 is 34.1. The van der Waals surface area contributed by atoms with E-state index in [1.165, 1.54) is 0 Å². The molecule has 0 aliphatic carbocycles. The van der Waals surface area contributed by atoms with Crippen LogP contribution in [0.15, 0.2) is 146 Å². The number of aliphatic hydroxyl groups excluding tert-OH is 11. The Labute approximate surface area is 530 Å². The first-order valence-corrected chi connectivity index (χ1v) is 32.6. The number of hydrogen-bond acceptors (Lipinski definition) is 18. The van der Waals surface area contributed by atoms with Crippen molar-refractivity contribution in [2.24, 2.45) is 0 Å². The number of rotatable bonds is 46. The van der Waals surface area contributed by atoms with Gasteiger partial charge in [-0.15, -0.1) is 0 Å². The molecule has 3 fully saturated rings. The molecule has 0 spiro atoms. The van der Waals surface area contributed by atoms with Crippen molar-refractivity contribution in [3.05, 3.63) is 146 Å². The van der Waals surface area contributed by atoms with Gasteiger partial charge in [-0.2, -0.15) is 0 Å². The zero-order chi connectivity index (χ0) is 64.7. The minimum absolute atomic E-state index is 0.192. The highest BCUT2D eigenvalue weighted by Gasteiger charge is 2.53. The quantitative estimate of drug-likeness (QED) is 0.0206. The third kappa shape index (κ3) is 32.7. The fourth-order valence-corrected chi connectivity index (χ4v) is 9.84. The molecule has 0 saturated carbocycles. The molecule has 0 bridgehead atoms. The fourth-order valence-electron chi connectivity index (χ4n) is 9.84. The van der Waals surface area contributed by atoms with E-state index >= 15 is 0 Å². The van der Waals surface area contributed by atoms with Crippen LogP contribution in [0.1, 0.15) is 155 Å². The molecule has 0 aromatic heterocycles. The van der Waals surface area contributed by atoms with Crippen molar-refractivity contribution in [2.75, 3.05) is 26.4 Å². The number of amides is 1. The number of carbonyl (C=O) groups is 1. The molecule has 3 aliphatic rings. The maximum Gasteiger partial charge on any atom is 0.220 e. The number of allylic oxidation sites excluding steroid dienone is 23. The second-order valence-corrected chi connectivity index (χ2v) is 22.5. The first kappa shape index (κ1) is 78.9. The molecule has 0 radical (unpaired) electrons. The molecular formula is C70H111NO18. The zero-order valence-corrected chi connectivity index (χ0v) is 52.8. The number of nitrogens with one attached hydrogen (secondary N) is 1. The van der Waals surface area contributed by atoms with E-state index in [0.29, 0.717) is 12.8 Å². The average molecular weight is 1250 g/mol. The Balaban J connectivity index is 1.35. The average Bonchev–Trinajstić information content (AvgIpc) is 2.14. The van der Waals surface area contributed by atoms with Gasteiger partial charge in [0.15, 0.2) is 18.9 Å². The van der Waals surface area contributed by atoms with Crippen molar-refractivity contribution in [2.45, 2.75) is 259 Å². The summed E-state index contributed by atoms with van der Waals surface area (Å²) in [5.74, 6) is -0.320. The topological polar surface area (TPSA) is 307 Å². The van der Waals surface area contributed by atoms with E-state index in [-0.39, 0.29) is 18.9 Å². The molecule has 504 valence electrons. The van der Waals surface area contributed by atoms with E-state index in [1.807, 2.05) is 6.08 Å². The van der Waals surface area contributed by atoms with Crippen LogP contribution in [0.2, 0.25) is 0 Å². The summed E-state index contributed by atoms with van der Waals surface area (Å²) in [4.78, 5) is 13.3. The van der Waals surface area contributed by atoms with Gasteiger partial charge in [-0.05, 0) is 103 Å². The standard InChI is InChI=1S/C70H111NO18/c1-3-5-7-9-11-12-13-14-15-16-17-18-19-20-21-22-23-24-25-26-27-28-29-30-31-32-33-34-35-36-37-38-39-40-42-44-46-48-58(76)71-53(54(75)47-45-43-41-10-8-6-4-2)52-84-68-64(82)61(79)66(56(50-73)86-68)89-70-65(83)62(80)67(57(51-74)87-70)88-69-63(81)60(78)59(77)55(49-72)85-69/h5,7,11-12,14-15,17-18,20-21,23-24,26-27,29-30,32-33,35-36,38-39,45,47,53-57,59-70,72-75,77-83H,3-4,6,8-10,13,16,19,22,25,28,31,34,37,40-44,46,48-52H2,1-2H3,(H,71,76)/b7-5-,12-11-,15-14-,18-17-,21-20-,24-23-,27-26-,30-29-,33-32-,36-35-,39-38-,47-45+. The molecule has 0 aromatic carbocycles. The van der Waals surface area contributed by atoms with Gasteiger partial charge in [-0.3, -0.25) is 4.79 Å². The lowest BCUT2D eigenvalue weighted by atomic mass is 9.96. The van der Waals surface area contributed by atoms with E-state index in [4.69, 9.17) is 28.4 Å². The number of carbonyl (C=O) groups excluding carboxylic acids is 1. The largest absolute Gasteiger partial charge is 0.394 e. The van der Waals surface area contributed by atoms with Gasteiger partial charge in [0.2, 0.25) is 5.91 Å². The summed E-state index contributed by atoms with van der Waals surface area (Å²) in [5.41, 5.74) is 0. The SMILES string of the molecule is CC/C=C\C/C=C\C/C=C\C/C=C\C/C=C\C/C=C\C/C=C\C/C=C\C/C=C\C/C=C\C/C=C\CCCCCC(=O)NC(COC1OC(CO)C(OC2OC(CO)C(OC3OC(CO)C(O)C(O)C3O)C(O)C2O)C(O)C1O)C(O)/C=C/CCCCCCC. The van der Waals surface area contributed by atoms with Gasteiger partial charge < -0.3 is 89.9 Å². The first-order chi connectivity index (χ1) is 43.3. The first-order valence-electron chi connectivity index (χ1n) is 32.6. The number of hydrogen-bond donors (Lipinski definition) is 12. The van der Waals surface area contributed by atoms with Gasteiger partial charge >= 0.3 is 0 Å². The maximum absolute atomic E-state index is 13.3. The normalized spacial score (nSPS) is 29.2. The van der Waals surface area contributed by atoms with Crippen molar-refractivity contribution >= 4 is 5.91 Å². The van der Waals surface area contributed by atoms with Gasteiger partial charge in [0, 0.05) is 6.42 Å². The minimum atomic E-state index is -1.99. The van der Waals surface area contributed by atoms with Crippen LogP contribution in [0, 0.1) is 0 Å². The van der Waals surface area contributed by atoms with Crippen molar-refractivity contribution in [1.82, 2.24) is 5.32 Å². The summed E-state index contributed by atoms with van der Waals surface area (Å²) in [6, 6.07) is -0.999. The van der Waals surface area contributed by atoms with Crippen LogP contribution in [-0.4, -0.2) is 193 Å². The van der Waals surface area contributed by atoms with E-state index in [0.717, 1.165) is 122 Å². The number of aliphatic hydroxyl groups is 11. The molecule has 12 N–H and O–H groups in total. The van der Waals surface area contributed by atoms with Crippen molar-refractivity contribution in [1.29, 1.82) is 0 Å². The van der Waals surface area contributed by atoms with Crippen molar-refractivity contribution in [3.63, 3.8) is 0 Å². The zero-order valence-electron chi connectivity index (χ0n) is 52.8. The van der Waals surface area contributed by atoms with Gasteiger partial charge in [0.05, 0.1) is 38.6 Å². The molecular weight excluding hydrogens is 1140 g/mol. The predicted molar refractivity (Wildman–Crippen MR) is 346 cm³/mol. The van der Waals surface area contributed by atoms with E-state index in [2.05, 4.69) is 153 Å². The monoisotopic (exact) mass is 1250 g/mol.